The van der Waals surface area contributed by atoms with Gasteiger partial charge in [-0.05, 0) is 13.8 Å². The Kier molecular flexibility index (Phi) is 3.81. The second-order valence-corrected chi connectivity index (χ2v) is 5.91. The summed E-state index contributed by atoms with van der Waals surface area (Å²) in [4.78, 5) is 7.60. The number of piperazine rings is 1. The molecule has 0 N–H and O–H groups in total. The first-order valence-corrected chi connectivity index (χ1v) is 7.19. The molecule has 19 heavy (non-hydrogen) atoms. The van der Waals surface area contributed by atoms with E-state index >= 15 is 0 Å². The predicted octanol–water partition coefficient (Wildman–Crippen LogP) is 0.280. The molecule has 2 saturated heterocycles. The Morgan fingerprint density at radius 2 is 2.00 bits per heavy atom. The quantitative estimate of drug-likeness (QED) is 0.779. The fourth-order valence-corrected chi connectivity index (χ4v) is 3.00. The van der Waals surface area contributed by atoms with E-state index in [-0.39, 0.29) is 0 Å². The molecule has 0 unspecified atom stereocenters. The lowest BCUT2D eigenvalue weighted by molar-refractivity contribution is -0.00495. The summed E-state index contributed by atoms with van der Waals surface area (Å²) in [6.07, 6.45) is 1.70. The fraction of sp³-hybridized carbons (Fsp3) is 0.846. The lowest BCUT2D eigenvalue weighted by Gasteiger charge is -2.48. The number of likely N-dealkylation sites (tertiary alicyclic amines) is 1. The van der Waals surface area contributed by atoms with Crippen LogP contribution in [0.3, 0.4) is 0 Å². The van der Waals surface area contributed by atoms with Crippen molar-refractivity contribution in [2.24, 2.45) is 0 Å². The van der Waals surface area contributed by atoms with Crippen molar-refractivity contribution in [1.29, 1.82) is 0 Å². The first-order valence-electron chi connectivity index (χ1n) is 7.19. The molecule has 0 atom stereocenters. The van der Waals surface area contributed by atoms with E-state index in [2.05, 4.69) is 43.5 Å². The second-order valence-electron chi connectivity index (χ2n) is 5.91. The maximum Gasteiger partial charge on any atom is 0.119 e. The van der Waals surface area contributed by atoms with E-state index in [9.17, 15) is 0 Å². The van der Waals surface area contributed by atoms with Gasteiger partial charge in [0, 0.05) is 57.9 Å². The average Bonchev–Trinajstić information content (AvgIpc) is 2.86. The molecule has 3 heterocycles. The van der Waals surface area contributed by atoms with Gasteiger partial charge in [-0.15, -0.1) is 0 Å². The number of rotatable bonds is 4. The number of nitrogens with zero attached hydrogens (tertiary/aromatic N) is 5. The normalized spacial score (nSPS) is 23.9. The summed E-state index contributed by atoms with van der Waals surface area (Å²) >= 11 is 0. The number of aromatic nitrogens is 2. The van der Waals surface area contributed by atoms with E-state index in [1.807, 2.05) is 0 Å². The van der Waals surface area contributed by atoms with E-state index in [1.54, 1.807) is 6.20 Å². The standard InChI is InChI=1S/C13H23N5O/c1-11(2)17-3-5-18(6-4-17)13-9-16(10-13)8-12-7-14-19-15-12/h7,11,13H,3-6,8-10H2,1-2H3. The molecule has 0 aliphatic carbocycles. The molecule has 0 spiro atoms. The van der Waals surface area contributed by atoms with Crippen molar-refractivity contribution < 1.29 is 4.63 Å². The molecule has 6 nitrogen and oxygen atoms in total. The fourth-order valence-electron chi connectivity index (χ4n) is 3.00. The predicted molar refractivity (Wildman–Crippen MR) is 71.6 cm³/mol. The minimum Gasteiger partial charge on any atom is -0.298 e. The molecule has 6 heteroatoms. The van der Waals surface area contributed by atoms with Crippen LogP contribution in [0.1, 0.15) is 19.5 Å². The van der Waals surface area contributed by atoms with Gasteiger partial charge in [-0.1, -0.05) is 10.3 Å². The summed E-state index contributed by atoms with van der Waals surface area (Å²) in [6, 6.07) is 1.41. The third-order valence-electron chi connectivity index (χ3n) is 4.33. The highest BCUT2D eigenvalue weighted by Gasteiger charge is 2.33. The SMILES string of the molecule is CC(C)N1CCN(C2CN(Cc3cnon3)C2)CC1. The van der Waals surface area contributed by atoms with Gasteiger partial charge in [0.1, 0.15) is 5.69 Å². The zero-order chi connectivity index (χ0) is 13.2. The summed E-state index contributed by atoms with van der Waals surface area (Å²) in [7, 11) is 0. The van der Waals surface area contributed by atoms with Crippen LogP contribution in [-0.4, -0.2) is 76.4 Å². The topological polar surface area (TPSA) is 48.6 Å². The van der Waals surface area contributed by atoms with Crippen LogP contribution in [0.25, 0.3) is 0 Å². The molecule has 2 aliphatic heterocycles. The Balaban J connectivity index is 1.40. The molecule has 0 radical (unpaired) electrons. The Hall–Kier alpha value is -0.980. The van der Waals surface area contributed by atoms with Gasteiger partial charge >= 0.3 is 0 Å². The minimum atomic E-state index is 0.680. The van der Waals surface area contributed by atoms with Gasteiger partial charge in [-0.2, -0.15) is 0 Å². The van der Waals surface area contributed by atoms with Crippen LogP contribution in [-0.2, 0) is 6.54 Å². The van der Waals surface area contributed by atoms with Crippen LogP contribution in [0.2, 0.25) is 0 Å². The molecule has 0 bridgehead atoms. The number of hydrogen-bond donors (Lipinski definition) is 0. The van der Waals surface area contributed by atoms with Crippen molar-refractivity contribution in [1.82, 2.24) is 25.0 Å². The smallest absolute Gasteiger partial charge is 0.119 e. The lowest BCUT2D eigenvalue weighted by atomic mass is 10.1. The molecular formula is C13H23N5O. The summed E-state index contributed by atoms with van der Waals surface area (Å²) in [5.74, 6) is 0. The van der Waals surface area contributed by atoms with Gasteiger partial charge in [0.25, 0.3) is 0 Å². The zero-order valence-electron chi connectivity index (χ0n) is 11.8. The maximum absolute atomic E-state index is 4.62. The molecule has 0 aromatic carbocycles. The van der Waals surface area contributed by atoms with Crippen LogP contribution in [0.5, 0.6) is 0 Å². The molecular weight excluding hydrogens is 242 g/mol. The average molecular weight is 265 g/mol. The second kappa shape index (κ2) is 5.56. The summed E-state index contributed by atoms with van der Waals surface area (Å²) < 4.78 is 4.62. The highest BCUT2D eigenvalue weighted by atomic mass is 16.6. The summed E-state index contributed by atoms with van der Waals surface area (Å²) in [6.45, 7) is 12.6. The van der Waals surface area contributed by atoms with Gasteiger partial charge in [-0.3, -0.25) is 14.7 Å². The molecule has 2 aliphatic rings. The highest BCUT2D eigenvalue weighted by molar-refractivity contribution is 4.96. The van der Waals surface area contributed by atoms with Gasteiger partial charge in [0.15, 0.2) is 0 Å². The Morgan fingerprint density at radius 1 is 1.26 bits per heavy atom. The van der Waals surface area contributed by atoms with Crippen LogP contribution >= 0.6 is 0 Å². The van der Waals surface area contributed by atoms with Crippen LogP contribution in [0.4, 0.5) is 0 Å². The molecule has 0 saturated carbocycles. The zero-order valence-corrected chi connectivity index (χ0v) is 11.8. The molecule has 1 aromatic rings. The van der Waals surface area contributed by atoms with Crippen molar-refractivity contribution in [2.75, 3.05) is 39.3 Å². The largest absolute Gasteiger partial charge is 0.298 e. The van der Waals surface area contributed by atoms with Crippen molar-refractivity contribution in [3.05, 3.63) is 11.9 Å². The van der Waals surface area contributed by atoms with Crippen LogP contribution in [0.15, 0.2) is 10.8 Å². The molecule has 106 valence electrons. The minimum absolute atomic E-state index is 0.680. The van der Waals surface area contributed by atoms with E-state index in [0.717, 1.165) is 31.4 Å². The monoisotopic (exact) mass is 265 g/mol. The molecule has 0 amide bonds. The van der Waals surface area contributed by atoms with Crippen molar-refractivity contribution in [3.63, 3.8) is 0 Å². The summed E-state index contributed by atoms with van der Waals surface area (Å²) in [5, 5.41) is 7.50. The molecule has 2 fully saturated rings. The highest BCUT2D eigenvalue weighted by Crippen LogP contribution is 2.19. The van der Waals surface area contributed by atoms with E-state index in [1.165, 1.54) is 26.2 Å². The van der Waals surface area contributed by atoms with Crippen LogP contribution in [0, 0.1) is 0 Å². The van der Waals surface area contributed by atoms with Gasteiger partial charge in [0.05, 0.1) is 6.20 Å². The lowest BCUT2D eigenvalue weighted by Crippen LogP contribution is -2.63. The third kappa shape index (κ3) is 2.96. The van der Waals surface area contributed by atoms with E-state index < -0.39 is 0 Å². The Bertz CT molecular complexity index is 380. The van der Waals surface area contributed by atoms with Crippen molar-refractivity contribution in [2.45, 2.75) is 32.5 Å². The number of hydrogen-bond acceptors (Lipinski definition) is 6. The van der Waals surface area contributed by atoms with E-state index in [0.29, 0.717) is 6.04 Å². The Morgan fingerprint density at radius 3 is 2.58 bits per heavy atom. The molecule has 1 aromatic heterocycles. The first-order chi connectivity index (χ1) is 9.22. The van der Waals surface area contributed by atoms with E-state index in [4.69, 9.17) is 0 Å². The third-order valence-corrected chi connectivity index (χ3v) is 4.33. The van der Waals surface area contributed by atoms with Gasteiger partial charge in [-0.25, -0.2) is 4.63 Å². The van der Waals surface area contributed by atoms with Gasteiger partial charge < -0.3 is 0 Å². The maximum atomic E-state index is 4.62. The Labute approximate surface area is 114 Å². The van der Waals surface area contributed by atoms with Crippen molar-refractivity contribution >= 4 is 0 Å². The molecule has 3 rings (SSSR count). The first kappa shape index (κ1) is 13.0. The van der Waals surface area contributed by atoms with Crippen LogP contribution < -0.4 is 0 Å². The summed E-state index contributed by atoms with van der Waals surface area (Å²) in [5.41, 5.74) is 0.933. The van der Waals surface area contributed by atoms with Crippen molar-refractivity contribution in [3.8, 4) is 0 Å². The van der Waals surface area contributed by atoms with Gasteiger partial charge in [0.2, 0.25) is 0 Å².